The van der Waals surface area contributed by atoms with Crippen LogP contribution >= 0.6 is 0 Å². The van der Waals surface area contributed by atoms with Gasteiger partial charge in [-0.15, -0.1) is 0 Å². The van der Waals surface area contributed by atoms with Gasteiger partial charge in [0.15, 0.2) is 0 Å². The Morgan fingerprint density at radius 1 is 0.878 bits per heavy atom. The second kappa shape index (κ2) is 14.8. The number of aryl methyl sites for hydroxylation is 1. The Labute approximate surface area is 245 Å². The van der Waals surface area contributed by atoms with E-state index in [0.29, 0.717) is 18.7 Å². The van der Waals surface area contributed by atoms with Crippen LogP contribution in [-0.2, 0) is 26.2 Å². The van der Waals surface area contributed by atoms with E-state index in [4.69, 9.17) is 0 Å². The summed E-state index contributed by atoms with van der Waals surface area (Å²) >= 11 is 0. The maximum atomic E-state index is 14.2. The van der Waals surface area contributed by atoms with E-state index in [1.165, 1.54) is 17.0 Å². The highest BCUT2D eigenvalue weighted by molar-refractivity contribution is 7.92. The van der Waals surface area contributed by atoms with Crippen LogP contribution in [0.15, 0.2) is 83.8 Å². The summed E-state index contributed by atoms with van der Waals surface area (Å²) in [5.41, 5.74) is 3.35. The fourth-order valence-corrected chi connectivity index (χ4v) is 6.11. The van der Waals surface area contributed by atoms with Gasteiger partial charge in [0.05, 0.1) is 10.6 Å². The molecule has 0 bridgehead atoms. The summed E-state index contributed by atoms with van der Waals surface area (Å²) in [6.45, 7) is 10.3. The molecule has 0 aromatic heterocycles. The lowest BCUT2D eigenvalue weighted by atomic mass is 10.0. The molecule has 2 amide bonds. The molecule has 3 aromatic carbocycles. The zero-order valence-electron chi connectivity index (χ0n) is 24.8. The topological polar surface area (TPSA) is 86.8 Å². The van der Waals surface area contributed by atoms with Crippen molar-refractivity contribution in [1.29, 1.82) is 0 Å². The van der Waals surface area contributed by atoms with Gasteiger partial charge >= 0.3 is 0 Å². The van der Waals surface area contributed by atoms with Crippen molar-refractivity contribution < 1.29 is 18.0 Å². The Morgan fingerprint density at radius 2 is 1.51 bits per heavy atom. The van der Waals surface area contributed by atoms with Crippen LogP contribution in [0.5, 0.6) is 0 Å². The van der Waals surface area contributed by atoms with Crippen molar-refractivity contribution in [3.8, 4) is 0 Å². The maximum absolute atomic E-state index is 14.2. The number of amides is 2. The third-order valence-corrected chi connectivity index (χ3v) is 9.06. The van der Waals surface area contributed by atoms with Crippen molar-refractivity contribution in [2.45, 2.75) is 77.3 Å². The number of nitrogens with zero attached hydrogens (tertiary/aromatic N) is 2. The summed E-state index contributed by atoms with van der Waals surface area (Å²) < 4.78 is 29.0. The van der Waals surface area contributed by atoms with Crippen LogP contribution in [-0.4, -0.2) is 44.3 Å². The van der Waals surface area contributed by atoms with E-state index in [1.54, 1.807) is 30.3 Å². The molecule has 41 heavy (non-hydrogen) atoms. The van der Waals surface area contributed by atoms with Gasteiger partial charge in [-0.1, -0.05) is 88.7 Å². The molecule has 3 aromatic rings. The standard InChI is InChI=1S/C33H43N3O4S/c1-6-8-22-34-33(38)31(7-2)35(23-28-15-13-12-14-26(28)5)32(37)24-36(29-20-18-27(19-21-29)25(3)4)41(39,40)30-16-10-9-11-17-30/h9-21,25,31H,6-8,22-24H2,1-5H3,(H,34,38)/t31-/m1/s1. The van der Waals surface area contributed by atoms with E-state index in [0.717, 1.165) is 33.8 Å². The van der Waals surface area contributed by atoms with Gasteiger partial charge in [0, 0.05) is 13.1 Å². The summed E-state index contributed by atoms with van der Waals surface area (Å²) in [5, 5.41) is 2.96. The molecule has 220 valence electrons. The van der Waals surface area contributed by atoms with Gasteiger partial charge in [-0.25, -0.2) is 8.42 Å². The first kappa shape index (κ1) is 31.9. The van der Waals surface area contributed by atoms with E-state index in [1.807, 2.05) is 57.2 Å². The lowest BCUT2D eigenvalue weighted by molar-refractivity contribution is -0.140. The van der Waals surface area contributed by atoms with Gasteiger partial charge in [-0.3, -0.25) is 13.9 Å². The number of unbranched alkanes of at least 4 members (excludes halogenated alkanes) is 1. The maximum Gasteiger partial charge on any atom is 0.264 e. The average Bonchev–Trinajstić information content (AvgIpc) is 2.97. The fourth-order valence-electron chi connectivity index (χ4n) is 4.67. The van der Waals surface area contributed by atoms with E-state index in [-0.39, 0.29) is 23.3 Å². The molecule has 1 atom stereocenters. The average molecular weight is 578 g/mol. The van der Waals surface area contributed by atoms with Gasteiger partial charge in [0.25, 0.3) is 10.0 Å². The molecule has 8 heteroatoms. The van der Waals surface area contributed by atoms with Crippen molar-refractivity contribution in [2.75, 3.05) is 17.4 Å². The van der Waals surface area contributed by atoms with Gasteiger partial charge < -0.3 is 10.2 Å². The van der Waals surface area contributed by atoms with Gasteiger partial charge in [0.2, 0.25) is 11.8 Å². The first-order valence-corrected chi connectivity index (χ1v) is 15.8. The molecule has 0 heterocycles. The molecule has 0 aliphatic rings. The van der Waals surface area contributed by atoms with Crippen LogP contribution in [0.25, 0.3) is 0 Å². The third-order valence-electron chi connectivity index (χ3n) is 7.28. The second-order valence-corrected chi connectivity index (χ2v) is 12.5. The van der Waals surface area contributed by atoms with Gasteiger partial charge in [-0.05, 0) is 66.6 Å². The van der Waals surface area contributed by atoms with E-state index in [9.17, 15) is 18.0 Å². The molecule has 0 saturated carbocycles. The van der Waals surface area contributed by atoms with Crippen LogP contribution in [0, 0.1) is 6.92 Å². The van der Waals surface area contributed by atoms with Crippen LogP contribution in [0.4, 0.5) is 5.69 Å². The molecule has 0 fully saturated rings. The fraction of sp³-hybridized carbons (Fsp3) is 0.394. The quantitative estimate of drug-likeness (QED) is 0.237. The Morgan fingerprint density at radius 3 is 2.10 bits per heavy atom. The Balaban J connectivity index is 2.05. The monoisotopic (exact) mass is 577 g/mol. The minimum atomic E-state index is -4.08. The van der Waals surface area contributed by atoms with E-state index >= 15 is 0 Å². The molecule has 0 saturated heterocycles. The lowest BCUT2D eigenvalue weighted by Crippen LogP contribution is -2.52. The normalized spacial score (nSPS) is 12.1. The highest BCUT2D eigenvalue weighted by atomic mass is 32.2. The summed E-state index contributed by atoms with van der Waals surface area (Å²) in [4.78, 5) is 29.1. The summed E-state index contributed by atoms with van der Waals surface area (Å²) in [7, 11) is -4.08. The van der Waals surface area contributed by atoms with Crippen molar-refractivity contribution in [1.82, 2.24) is 10.2 Å². The number of carbonyl (C=O) groups is 2. The lowest BCUT2D eigenvalue weighted by Gasteiger charge is -2.33. The zero-order chi connectivity index (χ0) is 30.0. The minimum absolute atomic E-state index is 0.0931. The smallest absolute Gasteiger partial charge is 0.264 e. The molecule has 0 unspecified atom stereocenters. The number of carbonyl (C=O) groups excluding carboxylic acids is 2. The van der Waals surface area contributed by atoms with E-state index in [2.05, 4.69) is 19.2 Å². The van der Waals surface area contributed by atoms with Crippen LogP contribution in [0.3, 0.4) is 0 Å². The van der Waals surface area contributed by atoms with Crippen molar-refractivity contribution in [2.24, 2.45) is 0 Å². The first-order chi connectivity index (χ1) is 19.6. The zero-order valence-corrected chi connectivity index (χ0v) is 25.7. The molecule has 0 aliphatic carbocycles. The largest absolute Gasteiger partial charge is 0.354 e. The van der Waals surface area contributed by atoms with Crippen molar-refractivity contribution in [3.05, 3.63) is 95.6 Å². The number of hydrogen-bond acceptors (Lipinski definition) is 4. The molecule has 1 N–H and O–H groups in total. The minimum Gasteiger partial charge on any atom is -0.354 e. The summed E-state index contributed by atoms with van der Waals surface area (Å²) in [5.74, 6) is -0.411. The molecule has 0 aliphatic heterocycles. The highest BCUT2D eigenvalue weighted by Gasteiger charge is 2.33. The first-order valence-electron chi connectivity index (χ1n) is 14.4. The number of rotatable bonds is 14. The van der Waals surface area contributed by atoms with E-state index < -0.39 is 28.5 Å². The third kappa shape index (κ3) is 8.19. The molecule has 0 radical (unpaired) electrons. The number of nitrogens with one attached hydrogen (secondary N) is 1. The van der Waals surface area contributed by atoms with Gasteiger partial charge in [-0.2, -0.15) is 0 Å². The van der Waals surface area contributed by atoms with Crippen LogP contribution in [0.1, 0.15) is 69.6 Å². The van der Waals surface area contributed by atoms with Gasteiger partial charge in [0.1, 0.15) is 12.6 Å². The predicted octanol–water partition coefficient (Wildman–Crippen LogP) is 6.04. The van der Waals surface area contributed by atoms with Crippen molar-refractivity contribution >= 4 is 27.5 Å². The SMILES string of the molecule is CCCCNC(=O)[C@@H](CC)N(Cc1ccccc1C)C(=O)CN(c1ccc(C(C)C)cc1)S(=O)(=O)c1ccccc1. The molecule has 7 nitrogen and oxygen atoms in total. The summed E-state index contributed by atoms with van der Waals surface area (Å²) in [6, 6.07) is 22.3. The predicted molar refractivity (Wildman–Crippen MR) is 165 cm³/mol. The number of benzene rings is 3. The van der Waals surface area contributed by atoms with Crippen LogP contribution in [0.2, 0.25) is 0 Å². The highest BCUT2D eigenvalue weighted by Crippen LogP contribution is 2.27. The second-order valence-electron chi connectivity index (χ2n) is 10.6. The molecular weight excluding hydrogens is 534 g/mol. The molecular formula is C33H43N3O4S. The number of hydrogen-bond donors (Lipinski definition) is 1. The number of anilines is 1. The molecule has 0 spiro atoms. The Kier molecular flexibility index (Phi) is 11.5. The van der Waals surface area contributed by atoms with Crippen LogP contribution < -0.4 is 9.62 Å². The van der Waals surface area contributed by atoms with Crippen molar-refractivity contribution in [3.63, 3.8) is 0 Å². The Bertz CT molecular complexity index is 1390. The number of sulfonamides is 1. The summed E-state index contributed by atoms with van der Waals surface area (Å²) in [6.07, 6.45) is 2.16. The Hall–Kier alpha value is -3.65. The molecule has 3 rings (SSSR count).